The largest absolute Gasteiger partial charge is 0.469 e. The van der Waals surface area contributed by atoms with E-state index in [0.29, 0.717) is 50.5 Å². The minimum atomic E-state index is -0.431. The molecule has 1 aliphatic rings. The van der Waals surface area contributed by atoms with Gasteiger partial charge in [0.15, 0.2) is 5.78 Å². The summed E-state index contributed by atoms with van der Waals surface area (Å²) in [5.41, 5.74) is 1.84. The third kappa shape index (κ3) is 6.86. The van der Waals surface area contributed by atoms with Crippen molar-refractivity contribution in [2.45, 2.75) is 19.9 Å². The molecule has 33 heavy (non-hydrogen) atoms. The third-order valence-corrected chi connectivity index (χ3v) is 5.79. The van der Waals surface area contributed by atoms with Crippen molar-refractivity contribution in [3.8, 4) is 0 Å². The van der Waals surface area contributed by atoms with Crippen LogP contribution in [0.3, 0.4) is 0 Å². The lowest BCUT2D eigenvalue weighted by molar-refractivity contribution is -0.142. The predicted octanol–water partition coefficient (Wildman–Crippen LogP) is 2.74. The van der Waals surface area contributed by atoms with Crippen LogP contribution in [-0.2, 0) is 20.9 Å². The zero-order chi connectivity index (χ0) is 23.8. The number of nitrogens with zero attached hydrogens (tertiary/aromatic N) is 3. The minimum Gasteiger partial charge on any atom is -0.469 e. The molecule has 3 rings (SSSR count). The van der Waals surface area contributed by atoms with E-state index in [2.05, 4.69) is 0 Å². The maximum Gasteiger partial charge on any atom is 0.306 e. The number of methoxy groups -OCH3 is 1. The summed E-state index contributed by atoms with van der Waals surface area (Å²) in [5, 5.41) is 0. The number of esters is 1. The average molecular weight is 456 g/mol. The second-order valence-corrected chi connectivity index (χ2v) is 8.11. The summed E-state index contributed by atoms with van der Waals surface area (Å²) in [7, 11) is 1.35. The lowest BCUT2D eigenvalue weighted by atomic mass is 10.1. The molecule has 0 aliphatic carbocycles. The van der Waals surface area contributed by atoms with Crippen molar-refractivity contribution in [1.29, 1.82) is 0 Å². The Morgan fingerprint density at radius 1 is 1.03 bits per heavy atom. The van der Waals surface area contributed by atoms with Crippen molar-refractivity contribution in [3.05, 3.63) is 65.5 Å². The first kappa shape index (κ1) is 24.4. The van der Waals surface area contributed by atoms with Crippen molar-refractivity contribution < 1.29 is 23.5 Å². The van der Waals surface area contributed by atoms with Crippen LogP contribution in [0.4, 0.5) is 10.1 Å². The Hall–Kier alpha value is -3.26. The van der Waals surface area contributed by atoms with Crippen molar-refractivity contribution in [2.75, 3.05) is 51.3 Å². The molecule has 0 unspecified atom stereocenters. The van der Waals surface area contributed by atoms with Crippen LogP contribution >= 0.6 is 0 Å². The number of hydrogen-bond acceptors (Lipinski definition) is 6. The maximum absolute atomic E-state index is 14.5. The molecule has 176 valence electrons. The standard InChI is InChI=1S/C25H30FN3O4/c1-19(30)21-8-9-23(22(26)16-21)28-12-14-29(15-13-28)24(31)18-27(11-10-25(32)33-2)17-20-6-4-3-5-7-20/h3-9,16H,10-15,17-18H2,1-2H3. The van der Waals surface area contributed by atoms with Gasteiger partial charge in [0.25, 0.3) is 0 Å². The molecule has 2 aromatic carbocycles. The van der Waals surface area contributed by atoms with Gasteiger partial charge in [0, 0.05) is 44.8 Å². The number of ketones is 1. The first-order valence-corrected chi connectivity index (χ1v) is 11.0. The normalized spacial score (nSPS) is 13.8. The fourth-order valence-electron chi connectivity index (χ4n) is 3.88. The molecular weight excluding hydrogens is 425 g/mol. The number of rotatable bonds is 9. The van der Waals surface area contributed by atoms with Crippen LogP contribution in [0.2, 0.25) is 0 Å². The fraction of sp³-hybridized carbons (Fsp3) is 0.400. The highest BCUT2D eigenvalue weighted by molar-refractivity contribution is 5.94. The number of benzene rings is 2. The number of piperazine rings is 1. The number of carbonyl (C=O) groups excluding carboxylic acids is 3. The van der Waals surface area contributed by atoms with E-state index in [1.54, 1.807) is 17.0 Å². The summed E-state index contributed by atoms with van der Waals surface area (Å²) in [6, 6.07) is 14.3. The number of anilines is 1. The summed E-state index contributed by atoms with van der Waals surface area (Å²) < 4.78 is 19.2. The first-order valence-electron chi connectivity index (χ1n) is 11.0. The second-order valence-electron chi connectivity index (χ2n) is 8.11. The molecule has 1 aliphatic heterocycles. The molecule has 1 fully saturated rings. The van der Waals surface area contributed by atoms with Crippen LogP contribution in [0.1, 0.15) is 29.3 Å². The lowest BCUT2D eigenvalue weighted by Gasteiger charge is -2.37. The van der Waals surface area contributed by atoms with Crippen molar-refractivity contribution in [3.63, 3.8) is 0 Å². The number of halogens is 1. The van der Waals surface area contributed by atoms with Gasteiger partial charge in [-0.3, -0.25) is 19.3 Å². The van der Waals surface area contributed by atoms with Crippen LogP contribution < -0.4 is 4.90 Å². The highest BCUT2D eigenvalue weighted by atomic mass is 19.1. The van der Waals surface area contributed by atoms with Gasteiger partial charge in [-0.2, -0.15) is 0 Å². The number of carbonyl (C=O) groups is 3. The second kappa shape index (κ2) is 11.6. The highest BCUT2D eigenvalue weighted by Gasteiger charge is 2.25. The smallest absolute Gasteiger partial charge is 0.306 e. The van der Waals surface area contributed by atoms with E-state index >= 15 is 0 Å². The molecule has 0 aromatic heterocycles. The predicted molar refractivity (Wildman–Crippen MR) is 124 cm³/mol. The molecule has 0 saturated carbocycles. The Labute approximate surface area is 193 Å². The third-order valence-electron chi connectivity index (χ3n) is 5.79. The van der Waals surface area contributed by atoms with E-state index in [0.717, 1.165) is 5.56 Å². The van der Waals surface area contributed by atoms with Gasteiger partial charge in [-0.15, -0.1) is 0 Å². The van der Waals surface area contributed by atoms with E-state index < -0.39 is 5.82 Å². The zero-order valence-electron chi connectivity index (χ0n) is 19.1. The summed E-state index contributed by atoms with van der Waals surface area (Å²) in [5.74, 6) is -0.947. The zero-order valence-corrected chi connectivity index (χ0v) is 19.1. The average Bonchev–Trinajstić information content (AvgIpc) is 2.83. The Bertz CT molecular complexity index is 975. The molecule has 0 bridgehead atoms. The molecule has 0 N–H and O–H groups in total. The monoisotopic (exact) mass is 455 g/mol. The van der Waals surface area contributed by atoms with Gasteiger partial charge >= 0.3 is 5.97 Å². The Balaban J connectivity index is 1.58. The van der Waals surface area contributed by atoms with E-state index in [4.69, 9.17) is 4.74 Å². The summed E-state index contributed by atoms with van der Waals surface area (Å²) in [4.78, 5) is 41.7. The van der Waals surface area contributed by atoms with Gasteiger partial charge in [-0.1, -0.05) is 30.3 Å². The number of ether oxygens (including phenoxy) is 1. The molecule has 1 amide bonds. The van der Waals surface area contributed by atoms with E-state index in [9.17, 15) is 18.8 Å². The molecule has 0 radical (unpaired) electrons. The van der Waals surface area contributed by atoms with Crippen molar-refractivity contribution in [1.82, 2.24) is 9.80 Å². The SMILES string of the molecule is COC(=O)CCN(CC(=O)N1CCN(c2ccc(C(C)=O)cc2F)CC1)Cc1ccccc1. The van der Waals surface area contributed by atoms with Gasteiger partial charge in [-0.25, -0.2) is 4.39 Å². The van der Waals surface area contributed by atoms with Crippen LogP contribution in [0.15, 0.2) is 48.5 Å². The number of Topliss-reactive ketones (excluding diaryl/α,β-unsaturated/α-hetero) is 1. The Morgan fingerprint density at radius 2 is 1.73 bits per heavy atom. The topological polar surface area (TPSA) is 70.2 Å². The molecule has 0 spiro atoms. The fourth-order valence-corrected chi connectivity index (χ4v) is 3.88. The van der Waals surface area contributed by atoms with Crippen molar-refractivity contribution >= 4 is 23.3 Å². The highest BCUT2D eigenvalue weighted by Crippen LogP contribution is 2.22. The molecule has 1 heterocycles. The maximum atomic E-state index is 14.5. The summed E-state index contributed by atoms with van der Waals surface area (Å²) in [6.07, 6.45) is 0.208. The lowest BCUT2D eigenvalue weighted by Crippen LogP contribution is -2.51. The van der Waals surface area contributed by atoms with Crippen LogP contribution in [0, 0.1) is 5.82 Å². The molecule has 2 aromatic rings. The minimum absolute atomic E-state index is 0.0251. The number of hydrogen-bond donors (Lipinski definition) is 0. The van der Waals surface area contributed by atoms with Gasteiger partial charge in [-0.05, 0) is 30.7 Å². The van der Waals surface area contributed by atoms with Gasteiger partial charge < -0.3 is 14.5 Å². The Kier molecular flexibility index (Phi) is 8.54. The van der Waals surface area contributed by atoms with Crippen molar-refractivity contribution in [2.24, 2.45) is 0 Å². The van der Waals surface area contributed by atoms with E-state index in [1.807, 2.05) is 40.1 Å². The van der Waals surface area contributed by atoms with Crippen LogP contribution in [0.5, 0.6) is 0 Å². The quantitative estimate of drug-likeness (QED) is 0.428. The molecule has 0 atom stereocenters. The summed E-state index contributed by atoms with van der Waals surface area (Å²) >= 11 is 0. The number of amides is 1. The van der Waals surface area contributed by atoms with Crippen LogP contribution in [-0.4, -0.2) is 73.8 Å². The molecule has 8 heteroatoms. The van der Waals surface area contributed by atoms with Gasteiger partial charge in [0.1, 0.15) is 5.82 Å². The van der Waals surface area contributed by atoms with Gasteiger partial charge in [0.2, 0.25) is 5.91 Å². The van der Waals surface area contributed by atoms with Gasteiger partial charge in [0.05, 0.1) is 25.8 Å². The molecule has 7 nitrogen and oxygen atoms in total. The van der Waals surface area contributed by atoms with E-state index in [-0.39, 0.29) is 30.6 Å². The first-order chi connectivity index (χ1) is 15.9. The van der Waals surface area contributed by atoms with Crippen LogP contribution in [0.25, 0.3) is 0 Å². The summed E-state index contributed by atoms with van der Waals surface area (Å²) in [6.45, 7) is 4.52. The Morgan fingerprint density at radius 3 is 2.33 bits per heavy atom. The van der Waals surface area contributed by atoms with E-state index in [1.165, 1.54) is 20.1 Å². The molecule has 1 saturated heterocycles. The molecular formula is C25H30FN3O4.